The van der Waals surface area contributed by atoms with Crippen LogP contribution in [0.4, 0.5) is 0 Å². The van der Waals surface area contributed by atoms with Crippen molar-refractivity contribution in [1.82, 2.24) is 9.13 Å². The molecule has 0 N–H and O–H groups in total. The molecule has 2 nitrogen and oxygen atoms in total. The molecule has 2 heterocycles. The quantitative estimate of drug-likeness (QED) is 0.188. The Kier molecular flexibility index (Phi) is 5.91. The molecule has 10 aromatic rings. The number of fused-ring (bicyclic) bond motifs is 7. The van der Waals surface area contributed by atoms with E-state index in [0.717, 1.165) is 11.4 Å². The lowest BCUT2D eigenvalue weighted by molar-refractivity contribution is 1.18. The van der Waals surface area contributed by atoms with Gasteiger partial charge in [-0.1, -0.05) is 133 Å². The summed E-state index contributed by atoms with van der Waals surface area (Å²) in [6, 6.07) is 66.2. The monoisotopic (exact) mass is 610 g/mol. The van der Waals surface area contributed by atoms with E-state index >= 15 is 0 Å². The molecule has 0 saturated carbocycles. The first-order chi connectivity index (χ1) is 23.8. The number of para-hydroxylation sites is 4. The smallest absolute Gasteiger partial charge is 0.0541 e. The maximum atomic E-state index is 2.38. The number of hydrogen-bond acceptors (Lipinski definition) is 0. The maximum absolute atomic E-state index is 2.38. The van der Waals surface area contributed by atoms with E-state index in [1.807, 2.05) is 0 Å². The topological polar surface area (TPSA) is 9.86 Å². The number of rotatable bonds is 4. The summed E-state index contributed by atoms with van der Waals surface area (Å²) in [4.78, 5) is 0. The lowest BCUT2D eigenvalue weighted by atomic mass is 9.91. The molecule has 0 atom stereocenters. The van der Waals surface area contributed by atoms with Gasteiger partial charge in [-0.3, -0.25) is 0 Å². The third kappa shape index (κ3) is 4.00. The molecule has 0 spiro atoms. The molecule has 0 fully saturated rings. The Morgan fingerprint density at radius 1 is 0.271 bits per heavy atom. The average molecular weight is 611 g/mol. The second kappa shape index (κ2) is 10.6. The maximum Gasteiger partial charge on any atom is 0.0541 e. The Morgan fingerprint density at radius 3 is 0.958 bits per heavy atom. The van der Waals surface area contributed by atoms with Gasteiger partial charge in [0.1, 0.15) is 0 Å². The summed E-state index contributed by atoms with van der Waals surface area (Å²) >= 11 is 0. The van der Waals surface area contributed by atoms with Gasteiger partial charge in [0, 0.05) is 32.9 Å². The fraction of sp³-hybridized carbons (Fsp3) is 0. The van der Waals surface area contributed by atoms with Crippen molar-refractivity contribution in [3.05, 3.63) is 182 Å². The second-order valence-electron chi connectivity index (χ2n) is 12.5. The van der Waals surface area contributed by atoms with E-state index in [9.17, 15) is 0 Å². The minimum atomic E-state index is 1.16. The summed E-state index contributed by atoms with van der Waals surface area (Å²) < 4.78 is 4.75. The predicted molar refractivity (Wildman–Crippen MR) is 203 cm³/mol. The number of aromatic nitrogens is 2. The SMILES string of the molecule is c1cc(-c2ccc(-n3c4ccccc4c4ccccc43)cc2)c2c(-c3ccc(-n4c5ccccc5c5ccccc54)cc3)cccc2c1. The van der Waals surface area contributed by atoms with Crippen molar-refractivity contribution in [2.45, 2.75) is 0 Å². The Morgan fingerprint density at radius 2 is 0.604 bits per heavy atom. The van der Waals surface area contributed by atoms with Crippen LogP contribution in [0.25, 0.3) is 88.0 Å². The van der Waals surface area contributed by atoms with Crippen LogP contribution < -0.4 is 0 Å². The van der Waals surface area contributed by atoms with Gasteiger partial charge in [-0.25, -0.2) is 0 Å². The number of nitrogens with zero attached hydrogens (tertiary/aromatic N) is 2. The van der Waals surface area contributed by atoms with E-state index in [0.29, 0.717) is 0 Å². The number of benzene rings is 8. The van der Waals surface area contributed by atoms with E-state index in [-0.39, 0.29) is 0 Å². The molecule has 0 amide bonds. The fourth-order valence-electron chi connectivity index (χ4n) is 7.80. The van der Waals surface area contributed by atoms with E-state index < -0.39 is 0 Å². The molecule has 224 valence electrons. The van der Waals surface area contributed by atoms with Gasteiger partial charge < -0.3 is 9.13 Å². The molecule has 8 aromatic carbocycles. The van der Waals surface area contributed by atoms with Crippen LogP contribution in [0, 0.1) is 0 Å². The highest BCUT2D eigenvalue weighted by atomic mass is 15.0. The highest BCUT2D eigenvalue weighted by Gasteiger charge is 2.15. The molecule has 0 aliphatic rings. The van der Waals surface area contributed by atoms with E-state index in [2.05, 4.69) is 191 Å². The zero-order valence-corrected chi connectivity index (χ0v) is 26.2. The summed E-state index contributed by atoms with van der Waals surface area (Å²) in [5, 5.41) is 7.62. The third-order valence-corrected chi connectivity index (χ3v) is 9.94. The summed E-state index contributed by atoms with van der Waals surface area (Å²) in [5.41, 5.74) is 12.1. The molecule has 0 unspecified atom stereocenters. The van der Waals surface area contributed by atoms with Gasteiger partial charge in [0.2, 0.25) is 0 Å². The molecule has 0 radical (unpaired) electrons. The first-order valence-corrected chi connectivity index (χ1v) is 16.5. The molecule has 0 aliphatic carbocycles. The molecular formula is C46H30N2. The lowest BCUT2D eigenvalue weighted by Crippen LogP contribution is -1.94. The van der Waals surface area contributed by atoms with Crippen molar-refractivity contribution in [3.8, 4) is 33.6 Å². The van der Waals surface area contributed by atoms with E-state index in [1.165, 1.54) is 76.6 Å². The van der Waals surface area contributed by atoms with Crippen molar-refractivity contribution < 1.29 is 0 Å². The molecule has 0 saturated heterocycles. The van der Waals surface area contributed by atoms with Crippen LogP contribution in [0.15, 0.2) is 182 Å². The van der Waals surface area contributed by atoms with Gasteiger partial charge in [0.15, 0.2) is 0 Å². The third-order valence-electron chi connectivity index (χ3n) is 9.94. The summed E-state index contributed by atoms with van der Waals surface area (Å²) in [7, 11) is 0. The lowest BCUT2D eigenvalue weighted by Gasteiger charge is -2.15. The van der Waals surface area contributed by atoms with Crippen molar-refractivity contribution in [2.75, 3.05) is 0 Å². The Labute approximate surface area is 278 Å². The van der Waals surface area contributed by atoms with Gasteiger partial charge in [0.25, 0.3) is 0 Å². The van der Waals surface area contributed by atoms with Crippen LogP contribution in [0.3, 0.4) is 0 Å². The predicted octanol–water partition coefficient (Wildman–Crippen LogP) is 12.4. The normalized spacial score (nSPS) is 11.8. The molecule has 10 rings (SSSR count). The standard InChI is InChI=1S/C46H30N2/c1-5-19-42-38(13-1)39-14-2-6-20-43(39)47(42)34-27-23-31(24-28-34)36-17-9-11-33-12-10-18-37(46(33)36)32-25-29-35(30-26-32)48-44-21-7-3-15-40(44)41-16-4-8-22-45(41)48/h1-30H. The first-order valence-electron chi connectivity index (χ1n) is 16.5. The van der Waals surface area contributed by atoms with Crippen LogP contribution in [0.5, 0.6) is 0 Å². The molecule has 0 bridgehead atoms. The van der Waals surface area contributed by atoms with E-state index in [1.54, 1.807) is 0 Å². The van der Waals surface area contributed by atoms with Crippen molar-refractivity contribution in [1.29, 1.82) is 0 Å². The Bertz CT molecular complexity index is 2510. The van der Waals surface area contributed by atoms with Crippen LogP contribution in [0.1, 0.15) is 0 Å². The Balaban J connectivity index is 1.08. The molecule has 0 aliphatic heterocycles. The zero-order valence-electron chi connectivity index (χ0n) is 26.2. The molecule has 2 heteroatoms. The minimum Gasteiger partial charge on any atom is -0.309 e. The summed E-state index contributed by atoms with van der Waals surface area (Å²) in [6.07, 6.45) is 0. The molecule has 48 heavy (non-hydrogen) atoms. The van der Waals surface area contributed by atoms with Crippen LogP contribution >= 0.6 is 0 Å². The number of hydrogen-bond donors (Lipinski definition) is 0. The zero-order chi connectivity index (χ0) is 31.6. The minimum absolute atomic E-state index is 1.16. The highest BCUT2D eigenvalue weighted by Crippen LogP contribution is 2.39. The van der Waals surface area contributed by atoms with Gasteiger partial charge in [-0.2, -0.15) is 0 Å². The highest BCUT2D eigenvalue weighted by molar-refractivity contribution is 6.11. The second-order valence-corrected chi connectivity index (χ2v) is 12.5. The first kappa shape index (κ1) is 26.8. The van der Waals surface area contributed by atoms with Crippen molar-refractivity contribution in [2.24, 2.45) is 0 Å². The van der Waals surface area contributed by atoms with Crippen molar-refractivity contribution >= 4 is 54.4 Å². The van der Waals surface area contributed by atoms with Crippen molar-refractivity contribution in [3.63, 3.8) is 0 Å². The Hall–Kier alpha value is -6.38. The largest absolute Gasteiger partial charge is 0.309 e. The van der Waals surface area contributed by atoms with Gasteiger partial charge in [-0.15, -0.1) is 0 Å². The molecule has 2 aromatic heterocycles. The summed E-state index contributed by atoms with van der Waals surface area (Å²) in [6.45, 7) is 0. The molecular weight excluding hydrogens is 581 g/mol. The average Bonchev–Trinajstić information content (AvgIpc) is 3.68. The van der Waals surface area contributed by atoms with Gasteiger partial charge in [0.05, 0.1) is 22.1 Å². The van der Waals surface area contributed by atoms with Crippen LogP contribution in [-0.2, 0) is 0 Å². The van der Waals surface area contributed by atoms with Gasteiger partial charge >= 0.3 is 0 Å². The summed E-state index contributed by atoms with van der Waals surface area (Å²) in [5.74, 6) is 0. The fourth-order valence-corrected chi connectivity index (χ4v) is 7.80. The van der Waals surface area contributed by atoms with Gasteiger partial charge in [-0.05, 0) is 81.6 Å². The van der Waals surface area contributed by atoms with Crippen LogP contribution in [0.2, 0.25) is 0 Å². The van der Waals surface area contributed by atoms with Crippen LogP contribution in [-0.4, -0.2) is 9.13 Å². The van der Waals surface area contributed by atoms with E-state index in [4.69, 9.17) is 0 Å².